The van der Waals surface area contributed by atoms with E-state index in [0.717, 1.165) is 37.6 Å². The highest BCUT2D eigenvalue weighted by molar-refractivity contribution is 7.11. The van der Waals surface area contributed by atoms with E-state index in [0.29, 0.717) is 0 Å². The maximum atomic E-state index is 4.57. The summed E-state index contributed by atoms with van der Waals surface area (Å²) in [7, 11) is 1.81. The second-order valence-electron chi connectivity index (χ2n) is 6.17. The molecule has 1 heterocycles. The molecule has 1 aromatic carbocycles. The number of thiazole rings is 1. The first-order valence-electron chi connectivity index (χ1n) is 8.42. The maximum absolute atomic E-state index is 4.57. The van der Waals surface area contributed by atoms with Crippen molar-refractivity contribution in [3.05, 3.63) is 50.5 Å². The number of hydrogen-bond acceptors (Lipinski definition) is 3. The van der Waals surface area contributed by atoms with Gasteiger partial charge in [0, 0.05) is 31.4 Å². The minimum absolute atomic E-state index is 0.843. The second-order valence-corrected chi connectivity index (χ2v) is 7.46. The molecule has 2 aromatic rings. The molecular weight excluding hydrogens is 316 g/mol. The van der Waals surface area contributed by atoms with Crippen LogP contribution in [0.5, 0.6) is 0 Å². The molecule has 2 rings (SSSR count). The van der Waals surface area contributed by atoms with Crippen LogP contribution in [0.3, 0.4) is 0 Å². The Morgan fingerprint density at radius 3 is 2.17 bits per heavy atom. The number of hydrogen-bond donors (Lipinski definition) is 2. The number of aromatic nitrogens is 1. The minimum Gasteiger partial charge on any atom is -0.356 e. The van der Waals surface area contributed by atoms with Gasteiger partial charge in [-0.3, -0.25) is 4.99 Å². The van der Waals surface area contributed by atoms with Gasteiger partial charge in [0.25, 0.3) is 0 Å². The third-order valence-electron chi connectivity index (χ3n) is 3.92. The molecule has 0 radical (unpaired) electrons. The molecule has 0 aliphatic rings. The quantitative estimate of drug-likeness (QED) is 0.624. The number of aliphatic imine (C=N–C) groups is 1. The average Bonchev–Trinajstić information content (AvgIpc) is 2.83. The Hall–Kier alpha value is -1.88. The van der Waals surface area contributed by atoms with Crippen LogP contribution in [0, 0.1) is 27.7 Å². The largest absolute Gasteiger partial charge is 0.356 e. The van der Waals surface area contributed by atoms with Gasteiger partial charge >= 0.3 is 0 Å². The van der Waals surface area contributed by atoms with Gasteiger partial charge in [-0.2, -0.15) is 0 Å². The van der Waals surface area contributed by atoms with Crippen LogP contribution in [0.15, 0.2) is 23.2 Å². The molecule has 0 aliphatic carbocycles. The summed E-state index contributed by atoms with van der Waals surface area (Å²) in [6.45, 7) is 10.2. The smallest absolute Gasteiger partial charge is 0.191 e. The zero-order valence-corrected chi connectivity index (χ0v) is 16.2. The van der Waals surface area contributed by atoms with Gasteiger partial charge < -0.3 is 10.6 Å². The molecule has 0 spiro atoms. The van der Waals surface area contributed by atoms with E-state index in [1.165, 1.54) is 26.6 Å². The fourth-order valence-electron chi connectivity index (χ4n) is 2.69. The van der Waals surface area contributed by atoms with Crippen LogP contribution in [-0.2, 0) is 12.8 Å². The molecule has 0 bridgehead atoms. The van der Waals surface area contributed by atoms with E-state index >= 15 is 0 Å². The van der Waals surface area contributed by atoms with Crippen LogP contribution >= 0.6 is 11.3 Å². The lowest BCUT2D eigenvalue weighted by Gasteiger charge is -2.12. The van der Waals surface area contributed by atoms with Crippen molar-refractivity contribution in [1.29, 1.82) is 0 Å². The standard InChI is InChI=1S/C19H28N4S/c1-13-10-14(2)12-17(11-13)6-8-21-19(20-5)22-9-7-18-23-15(3)16(4)24-18/h10-12H,6-9H2,1-5H3,(H2,20,21,22). The molecular formula is C19H28N4S. The van der Waals surface area contributed by atoms with Crippen LogP contribution in [0.4, 0.5) is 0 Å². The molecule has 4 nitrogen and oxygen atoms in total. The zero-order valence-electron chi connectivity index (χ0n) is 15.4. The van der Waals surface area contributed by atoms with Crippen molar-refractivity contribution < 1.29 is 0 Å². The third-order valence-corrected chi connectivity index (χ3v) is 5.05. The summed E-state index contributed by atoms with van der Waals surface area (Å²) in [5.74, 6) is 0.851. The van der Waals surface area contributed by atoms with Crippen LogP contribution < -0.4 is 10.6 Å². The van der Waals surface area contributed by atoms with Crippen molar-refractivity contribution in [2.45, 2.75) is 40.5 Å². The highest BCUT2D eigenvalue weighted by Crippen LogP contribution is 2.16. The Balaban J connectivity index is 1.74. The Labute approximate surface area is 149 Å². The first-order valence-corrected chi connectivity index (χ1v) is 9.24. The molecule has 2 N–H and O–H groups in total. The summed E-state index contributed by atoms with van der Waals surface area (Å²) in [5, 5.41) is 7.93. The van der Waals surface area contributed by atoms with Crippen molar-refractivity contribution in [2.24, 2.45) is 4.99 Å². The molecule has 0 unspecified atom stereocenters. The van der Waals surface area contributed by atoms with Gasteiger partial charge in [0.2, 0.25) is 0 Å². The maximum Gasteiger partial charge on any atom is 0.191 e. The molecule has 0 amide bonds. The monoisotopic (exact) mass is 344 g/mol. The molecule has 130 valence electrons. The molecule has 0 atom stereocenters. The van der Waals surface area contributed by atoms with E-state index in [2.05, 4.69) is 66.5 Å². The summed E-state index contributed by atoms with van der Waals surface area (Å²) in [4.78, 5) is 10.2. The van der Waals surface area contributed by atoms with E-state index in [1.807, 2.05) is 7.05 Å². The predicted molar refractivity (Wildman–Crippen MR) is 104 cm³/mol. The SMILES string of the molecule is CN=C(NCCc1cc(C)cc(C)c1)NCCc1nc(C)c(C)s1. The number of nitrogens with one attached hydrogen (secondary N) is 2. The number of rotatable bonds is 6. The topological polar surface area (TPSA) is 49.3 Å². The number of nitrogens with zero attached hydrogens (tertiary/aromatic N) is 2. The fourth-order valence-corrected chi connectivity index (χ4v) is 3.63. The van der Waals surface area contributed by atoms with Gasteiger partial charge in [0.15, 0.2) is 5.96 Å². The van der Waals surface area contributed by atoms with Gasteiger partial charge in [-0.05, 0) is 39.7 Å². The molecule has 0 saturated carbocycles. The van der Waals surface area contributed by atoms with Crippen molar-refractivity contribution in [2.75, 3.05) is 20.1 Å². The van der Waals surface area contributed by atoms with Crippen molar-refractivity contribution in [3.8, 4) is 0 Å². The van der Waals surface area contributed by atoms with Crippen LogP contribution in [0.25, 0.3) is 0 Å². The van der Waals surface area contributed by atoms with Crippen LogP contribution in [0.2, 0.25) is 0 Å². The summed E-state index contributed by atoms with van der Waals surface area (Å²) < 4.78 is 0. The van der Waals surface area contributed by atoms with Gasteiger partial charge in [-0.25, -0.2) is 4.98 Å². The highest BCUT2D eigenvalue weighted by Gasteiger charge is 2.04. The fraction of sp³-hybridized carbons (Fsp3) is 0.474. The summed E-state index contributed by atoms with van der Waals surface area (Å²) in [6, 6.07) is 6.70. The van der Waals surface area contributed by atoms with E-state index in [4.69, 9.17) is 0 Å². The summed E-state index contributed by atoms with van der Waals surface area (Å²) in [5.41, 5.74) is 5.15. The molecule has 5 heteroatoms. The second kappa shape index (κ2) is 8.83. The summed E-state index contributed by atoms with van der Waals surface area (Å²) >= 11 is 1.78. The Morgan fingerprint density at radius 1 is 1.00 bits per heavy atom. The molecule has 0 aliphatic heterocycles. The number of aryl methyl sites for hydroxylation is 4. The van der Waals surface area contributed by atoms with Crippen LogP contribution in [0.1, 0.15) is 32.3 Å². The number of guanidine groups is 1. The average molecular weight is 345 g/mol. The minimum atomic E-state index is 0.843. The van der Waals surface area contributed by atoms with E-state index in [-0.39, 0.29) is 0 Å². The summed E-state index contributed by atoms with van der Waals surface area (Å²) in [6.07, 6.45) is 1.92. The zero-order chi connectivity index (χ0) is 17.5. The lowest BCUT2D eigenvalue weighted by Crippen LogP contribution is -2.39. The third kappa shape index (κ3) is 5.64. The van der Waals surface area contributed by atoms with Crippen molar-refractivity contribution >= 4 is 17.3 Å². The predicted octanol–water partition coefficient (Wildman–Crippen LogP) is 3.33. The van der Waals surface area contributed by atoms with Gasteiger partial charge in [-0.1, -0.05) is 29.3 Å². The Morgan fingerprint density at radius 2 is 1.62 bits per heavy atom. The normalized spacial score (nSPS) is 11.6. The molecule has 24 heavy (non-hydrogen) atoms. The molecule has 0 fully saturated rings. The van der Waals surface area contributed by atoms with Gasteiger partial charge in [0.1, 0.15) is 0 Å². The van der Waals surface area contributed by atoms with E-state index in [1.54, 1.807) is 11.3 Å². The van der Waals surface area contributed by atoms with Crippen molar-refractivity contribution in [3.63, 3.8) is 0 Å². The van der Waals surface area contributed by atoms with Crippen LogP contribution in [-0.4, -0.2) is 31.1 Å². The lowest BCUT2D eigenvalue weighted by molar-refractivity contribution is 0.781. The van der Waals surface area contributed by atoms with E-state index in [9.17, 15) is 0 Å². The Kier molecular flexibility index (Phi) is 6.79. The molecule has 1 aromatic heterocycles. The van der Waals surface area contributed by atoms with Crippen molar-refractivity contribution in [1.82, 2.24) is 15.6 Å². The highest BCUT2D eigenvalue weighted by atomic mass is 32.1. The lowest BCUT2D eigenvalue weighted by atomic mass is 10.1. The van der Waals surface area contributed by atoms with Gasteiger partial charge in [-0.15, -0.1) is 11.3 Å². The first-order chi connectivity index (χ1) is 11.5. The first kappa shape index (κ1) is 18.5. The molecule has 0 saturated heterocycles. The van der Waals surface area contributed by atoms with Gasteiger partial charge in [0.05, 0.1) is 10.7 Å². The Bertz CT molecular complexity index is 664. The van der Waals surface area contributed by atoms with E-state index < -0.39 is 0 Å². The number of benzene rings is 1.